The molecule has 1 aromatic heterocycles. The van der Waals surface area contributed by atoms with Crippen LogP contribution in [0.4, 0.5) is 0 Å². The lowest BCUT2D eigenvalue weighted by Gasteiger charge is -2.14. The molecule has 0 spiro atoms. The van der Waals surface area contributed by atoms with Crippen molar-refractivity contribution in [2.45, 2.75) is 25.1 Å². The van der Waals surface area contributed by atoms with Crippen LogP contribution in [0, 0.1) is 0 Å². The fourth-order valence-electron chi connectivity index (χ4n) is 0.991. The van der Waals surface area contributed by atoms with Crippen molar-refractivity contribution >= 4 is 23.1 Å². The normalized spacial score (nSPS) is 13.5. The molecule has 0 amide bonds. The fraction of sp³-hybridized carbons (Fsp3) is 0.556. The van der Waals surface area contributed by atoms with Crippen LogP contribution in [0.1, 0.15) is 24.8 Å². The second-order valence-corrected chi connectivity index (χ2v) is 5.71. The quantitative estimate of drug-likeness (QED) is 0.586. The van der Waals surface area contributed by atoms with Crippen molar-refractivity contribution in [2.75, 3.05) is 5.75 Å². The van der Waals surface area contributed by atoms with E-state index in [1.54, 1.807) is 11.3 Å². The topological polar surface area (TPSA) is 38.0 Å². The molecular formula is C9H16N2S2. The minimum Gasteiger partial charge on any atom is -0.271 e. The van der Waals surface area contributed by atoms with Gasteiger partial charge in [0, 0.05) is 10.6 Å². The van der Waals surface area contributed by atoms with Gasteiger partial charge in [0.15, 0.2) is 0 Å². The SMILES string of the molecule is CC(C)SCC(NN)c1cccs1. The van der Waals surface area contributed by atoms with Gasteiger partial charge in [-0.1, -0.05) is 19.9 Å². The van der Waals surface area contributed by atoms with Gasteiger partial charge < -0.3 is 0 Å². The Labute approximate surface area is 87.9 Å². The lowest BCUT2D eigenvalue weighted by Crippen LogP contribution is -2.29. The third kappa shape index (κ3) is 3.68. The van der Waals surface area contributed by atoms with E-state index in [0.29, 0.717) is 11.3 Å². The van der Waals surface area contributed by atoms with Gasteiger partial charge in [-0.25, -0.2) is 0 Å². The first-order chi connectivity index (χ1) is 6.24. The van der Waals surface area contributed by atoms with E-state index in [9.17, 15) is 0 Å². The van der Waals surface area contributed by atoms with Crippen LogP contribution < -0.4 is 11.3 Å². The minimum atomic E-state index is 0.299. The highest BCUT2D eigenvalue weighted by atomic mass is 32.2. The van der Waals surface area contributed by atoms with E-state index in [-0.39, 0.29) is 0 Å². The largest absolute Gasteiger partial charge is 0.271 e. The van der Waals surface area contributed by atoms with Crippen molar-refractivity contribution in [1.29, 1.82) is 0 Å². The lowest BCUT2D eigenvalue weighted by atomic mass is 10.3. The van der Waals surface area contributed by atoms with Gasteiger partial charge in [0.1, 0.15) is 0 Å². The third-order valence-corrected chi connectivity index (χ3v) is 3.86. The highest BCUT2D eigenvalue weighted by Crippen LogP contribution is 2.23. The van der Waals surface area contributed by atoms with Crippen LogP contribution in [0.15, 0.2) is 17.5 Å². The van der Waals surface area contributed by atoms with Crippen molar-refractivity contribution in [2.24, 2.45) is 5.84 Å². The number of nitrogens with two attached hydrogens (primary N) is 1. The van der Waals surface area contributed by atoms with Crippen molar-refractivity contribution in [3.63, 3.8) is 0 Å². The standard InChI is InChI=1S/C9H16N2S2/c1-7(2)13-6-8(11-10)9-4-3-5-12-9/h3-5,7-8,11H,6,10H2,1-2H3. The Morgan fingerprint density at radius 3 is 2.85 bits per heavy atom. The first-order valence-electron chi connectivity index (χ1n) is 4.35. The lowest BCUT2D eigenvalue weighted by molar-refractivity contribution is 0.619. The second kappa shape index (κ2) is 5.65. The van der Waals surface area contributed by atoms with E-state index in [2.05, 4.69) is 36.8 Å². The molecule has 0 saturated heterocycles. The van der Waals surface area contributed by atoms with E-state index in [1.807, 2.05) is 11.8 Å². The molecule has 2 nitrogen and oxygen atoms in total. The minimum absolute atomic E-state index is 0.299. The van der Waals surface area contributed by atoms with Crippen LogP contribution in [0.2, 0.25) is 0 Å². The van der Waals surface area contributed by atoms with Crippen LogP contribution >= 0.6 is 23.1 Å². The number of thiophene rings is 1. The Bertz CT molecular complexity index is 222. The second-order valence-electron chi connectivity index (χ2n) is 3.12. The summed E-state index contributed by atoms with van der Waals surface area (Å²) in [4.78, 5) is 1.32. The summed E-state index contributed by atoms with van der Waals surface area (Å²) in [6.07, 6.45) is 0. The number of hydrazine groups is 1. The molecule has 0 aliphatic heterocycles. The summed E-state index contributed by atoms with van der Waals surface area (Å²) >= 11 is 3.68. The molecule has 0 aromatic carbocycles. The fourth-order valence-corrected chi connectivity index (χ4v) is 2.74. The number of hydrogen-bond acceptors (Lipinski definition) is 4. The summed E-state index contributed by atoms with van der Waals surface area (Å²) in [6.45, 7) is 4.40. The highest BCUT2D eigenvalue weighted by Gasteiger charge is 2.10. The zero-order chi connectivity index (χ0) is 9.68. The molecule has 1 unspecified atom stereocenters. The van der Waals surface area contributed by atoms with Gasteiger partial charge in [0.2, 0.25) is 0 Å². The predicted molar refractivity (Wildman–Crippen MR) is 62.0 cm³/mol. The van der Waals surface area contributed by atoms with Crippen molar-refractivity contribution in [1.82, 2.24) is 5.43 Å². The number of thioether (sulfide) groups is 1. The van der Waals surface area contributed by atoms with E-state index in [1.165, 1.54) is 4.88 Å². The van der Waals surface area contributed by atoms with Gasteiger partial charge >= 0.3 is 0 Å². The molecule has 0 aliphatic carbocycles. The van der Waals surface area contributed by atoms with Gasteiger partial charge in [0.05, 0.1) is 6.04 Å². The maximum atomic E-state index is 5.49. The van der Waals surface area contributed by atoms with Crippen LogP contribution in [0.25, 0.3) is 0 Å². The molecule has 1 aromatic rings. The summed E-state index contributed by atoms with van der Waals surface area (Å²) in [5.41, 5.74) is 2.85. The van der Waals surface area contributed by atoms with Crippen LogP contribution in [-0.2, 0) is 0 Å². The average molecular weight is 216 g/mol. The third-order valence-electron chi connectivity index (χ3n) is 1.68. The maximum absolute atomic E-state index is 5.49. The molecule has 4 heteroatoms. The Balaban J connectivity index is 2.44. The van der Waals surface area contributed by atoms with Gasteiger partial charge in [-0.15, -0.1) is 11.3 Å². The summed E-state index contributed by atoms with van der Waals surface area (Å²) < 4.78 is 0. The first kappa shape index (κ1) is 11.0. The zero-order valence-corrected chi connectivity index (χ0v) is 9.62. The molecule has 74 valence electrons. The number of hydrogen-bond donors (Lipinski definition) is 2. The van der Waals surface area contributed by atoms with Gasteiger partial charge in [-0.05, 0) is 16.7 Å². The first-order valence-corrected chi connectivity index (χ1v) is 6.28. The Hall–Kier alpha value is -0.0300. The van der Waals surface area contributed by atoms with Gasteiger partial charge in [-0.3, -0.25) is 11.3 Å². The van der Waals surface area contributed by atoms with Gasteiger partial charge in [0.25, 0.3) is 0 Å². The highest BCUT2D eigenvalue weighted by molar-refractivity contribution is 7.99. The Kier molecular flexibility index (Phi) is 4.80. The molecule has 1 atom stereocenters. The molecule has 0 saturated carbocycles. The summed E-state index contributed by atoms with van der Waals surface area (Å²) in [7, 11) is 0. The molecule has 1 rings (SSSR count). The predicted octanol–water partition coefficient (Wildman–Crippen LogP) is 2.39. The molecule has 13 heavy (non-hydrogen) atoms. The Morgan fingerprint density at radius 2 is 2.38 bits per heavy atom. The number of nitrogens with one attached hydrogen (secondary N) is 1. The molecule has 0 bridgehead atoms. The maximum Gasteiger partial charge on any atom is 0.0643 e. The summed E-state index contributed by atoms with van der Waals surface area (Å²) in [5.74, 6) is 6.53. The monoisotopic (exact) mass is 216 g/mol. The molecule has 3 N–H and O–H groups in total. The molecule has 0 fully saturated rings. The molecule has 0 radical (unpaired) electrons. The molecule has 1 heterocycles. The van der Waals surface area contributed by atoms with Gasteiger partial charge in [-0.2, -0.15) is 11.8 Å². The summed E-state index contributed by atoms with van der Waals surface area (Å²) in [6, 6.07) is 4.48. The Morgan fingerprint density at radius 1 is 1.62 bits per heavy atom. The zero-order valence-electron chi connectivity index (χ0n) is 7.99. The average Bonchev–Trinajstić information content (AvgIpc) is 2.58. The molecule has 0 aliphatic rings. The van der Waals surface area contributed by atoms with E-state index in [0.717, 1.165) is 5.75 Å². The van der Waals surface area contributed by atoms with Crippen LogP contribution in [0.5, 0.6) is 0 Å². The van der Waals surface area contributed by atoms with E-state index < -0.39 is 0 Å². The van der Waals surface area contributed by atoms with Crippen LogP contribution in [-0.4, -0.2) is 11.0 Å². The number of rotatable bonds is 5. The molecular weight excluding hydrogens is 200 g/mol. The van der Waals surface area contributed by atoms with E-state index in [4.69, 9.17) is 5.84 Å². The van der Waals surface area contributed by atoms with E-state index >= 15 is 0 Å². The van der Waals surface area contributed by atoms with Crippen molar-refractivity contribution < 1.29 is 0 Å². The van der Waals surface area contributed by atoms with Crippen molar-refractivity contribution in [3.05, 3.63) is 22.4 Å². The summed E-state index contributed by atoms with van der Waals surface area (Å²) in [5, 5.41) is 2.75. The van der Waals surface area contributed by atoms with Crippen LogP contribution in [0.3, 0.4) is 0 Å². The smallest absolute Gasteiger partial charge is 0.0643 e. The van der Waals surface area contributed by atoms with Crippen molar-refractivity contribution in [3.8, 4) is 0 Å².